The molecule has 0 spiro atoms. The molecule has 0 amide bonds. The van der Waals surface area contributed by atoms with Crippen molar-refractivity contribution in [2.24, 2.45) is 0 Å². The van der Waals surface area contributed by atoms with E-state index in [-0.39, 0.29) is 10.9 Å². The molecule has 1 aliphatic heterocycles. The molecule has 1 N–H and O–H groups in total. The molecule has 0 saturated carbocycles. The van der Waals surface area contributed by atoms with Crippen molar-refractivity contribution < 1.29 is 12.9 Å². The van der Waals surface area contributed by atoms with Gasteiger partial charge in [0.2, 0.25) is 10.0 Å². The smallest absolute Gasteiger partial charge is 0.246 e. The van der Waals surface area contributed by atoms with Crippen molar-refractivity contribution in [2.45, 2.75) is 37.6 Å². The van der Waals surface area contributed by atoms with Gasteiger partial charge in [-0.15, -0.1) is 0 Å². The summed E-state index contributed by atoms with van der Waals surface area (Å²) in [4.78, 5) is 6.66. The molecule has 124 valence electrons. The lowest BCUT2D eigenvalue weighted by Gasteiger charge is -2.32. The number of nitrogens with one attached hydrogen (secondary N) is 1. The largest absolute Gasteiger partial charge is 0.360 e. The van der Waals surface area contributed by atoms with E-state index in [0.717, 1.165) is 31.7 Å². The second kappa shape index (κ2) is 6.29. The molecule has 8 heteroatoms. The fraction of sp³-hybridized carbons (Fsp3) is 0.467. The van der Waals surface area contributed by atoms with Gasteiger partial charge in [0.1, 0.15) is 16.4 Å². The Balaban J connectivity index is 1.65. The van der Waals surface area contributed by atoms with Crippen molar-refractivity contribution in [3.05, 3.63) is 35.9 Å². The molecule has 7 nitrogen and oxygen atoms in total. The van der Waals surface area contributed by atoms with Crippen molar-refractivity contribution in [1.29, 1.82) is 0 Å². The number of piperidine rings is 1. The lowest BCUT2D eigenvalue weighted by molar-refractivity contribution is 0.390. The molecule has 0 aromatic carbocycles. The first-order chi connectivity index (χ1) is 11.0. The minimum absolute atomic E-state index is 0.0892. The molecule has 0 aliphatic carbocycles. The van der Waals surface area contributed by atoms with Crippen molar-refractivity contribution in [3.63, 3.8) is 0 Å². The van der Waals surface area contributed by atoms with Crippen LogP contribution in [0.4, 0.5) is 5.82 Å². The van der Waals surface area contributed by atoms with Gasteiger partial charge in [-0.1, -0.05) is 11.2 Å². The second-order valence-corrected chi connectivity index (χ2v) is 7.37. The fourth-order valence-corrected chi connectivity index (χ4v) is 4.54. The number of aryl methyl sites for hydroxylation is 2. The molecule has 0 unspecified atom stereocenters. The molecule has 3 rings (SSSR count). The number of aromatic nitrogens is 2. The molecule has 1 saturated heterocycles. The van der Waals surface area contributed by atoms with Crippen LogP contribution < -0.4 is 9.62 Å². The third-order valence-electron chi connectivity index (χ3n) is 4.03. The molecule has 1 aliphatic rings. The van der Waals surface area contributed by atoms with E-state index in [1.165, 1.54) is 0 Å². The standard InChI is InChI=1S/C15H20N4O3S/c1-11-15(12(2)22-17-11)23(20,21)18-13-6-9-19(10-7-13)14-5-3-4-8-16-14/h3-5,8,13,18H,6-7,9-10H2,1-2H3. The fourth-order valence-electron chi connectivity index (χ4n) is 2.90. The van der Waals surface area contributed by atoms with E-state index < -0.39 is 10.0 Å². The highest BCUT2D eigenvalue weighted by molar-refractivity contribution is 7.89. The van der Waals surface area contributed by atoms with Gasteiger partial charge in [-0.25, -0.2) is 18.1 Å². The van der Waals surface area contributed by atoms with E-state index in [0.29, 0.717) is 11.5 Å². The van der Waals surface area contributed by atoms with E-state index in [4.69, 9.17) is 4.52 Å². The molecular weight excluding hydrogens is 316 g/mol. The monoisotopic (exact) mass is 336 g/mol. The van der Waals surface area contributed by atoms with Crippen LogP contribution >= 0.6 is 0 Å². The number of sulfonamides is 1. The first-order valence-corrected chi connectivity index (χ1v) is 9.07. The van der Waals surface area contributed by atoms with Crippen LogP contribution in [0, 0.1) is 13.8 Å². The zero-order valence-electron chi connectivity index (χ0n) is 13.2. The molecule has 0 radical (unpaired) electrons. The van der Waals surface area contributed by atoms with Crippen molar-refractivity contribution in [1.82, 2.24) is 14.9 Å². The summed E-state index contributed by atoms with van der Waals surface area (Å²) in [6.45, 7) is 4.78. The highest BCUT2D eigenvalue weighted by Crippen LogP contribution is 2.22. The Morgan fingerprint density at radius 3 is 2.57 bits per heavy atom. The molecule has 2 aromatic rings. The number of nitrogens with zero attached hydrogens (tertiary/aromatic N) is 3. The number of hydrogen-bond acceptors (Lipinski definition) is 6. The Morgan fingerprint density at radius 1 is 1.26 bits per heavy atom. The van der Waals surface area contributed by atoms with Crippen LogP contribution in [-0.2, 0) is 10.0 Å². The summed E-state index contributed by atoms with van der Waals surface area (Å²) in [5.41, 5.74) is 0.390. The van der Waals surface area contributed by atoms with Crippen LogP contribution in [-0.4, -0.2) is 37.7 Å². The van der Waals surface area contributed by atoms with Crippen LogP contribution in [0.2, 0.25) is 0 Å². The van der Waals surface area contributed by atoms with Gasteiger partial charge >= 0.3 is 0 Å². The quantitative estimate of drug-likeness (QED) is 0.913. The Morgan fingerprint density at radius 2 is 2.00 bits per heavy atom. The third-order valence-corrected chi connectivity index (χ3v) is 5.79. The summed E-state index contributed by atoms with van der Waals surface area (Å²) < 4.78 is 32.8. The summed E-state index contributed by atoms with van der Waals surface area (Å²) in [6.07, 6.45) is 3.24. The zero-order chi connectivity index (χ0) is 16.4. The summed E-state index contributed by atoms with van der Waals surface area (Å²) in [6, 6.07) is 5.71. The van der Waals surface area contributed by atoms with Gasteiger partial charge < -0.3 is 9.42 Å². The highest BCUT2D eigenvalue weighted by Gasteiger charge is 2.29. The van der Waals surface area contributed by atoms with Crippen LogP contribution in [0.15, 0.2) is 33.8 Å². The molecule has 3 heterocycles. The summed E-state index contributed by atoms with van der Waals surface area (Å²) in [7, 11) is -3.60. The number of pyridine rings is 1. The average Bonchev–Trinajstić information content (AvgIpc) is 2.88. The Bertz CT molecular complexity index is 746. The lowest BCUT2D eigenvalue weighted by Crippen LogP contribution is -2.45. The number of hydrogen-bond donors (Lipinski definition) is 1. The van der Waals surface area contributed by atoms with Gasteiger partial charge in [-0.05, 0) is 38.8 Å². The predicted molar refractivity (Wildman–Crippen MR) is 85.8 cm³/mol. The number of anilines is 1. The maximum absolute atomic E-state index is 12.5. The molecular formula is C15H20N4O3S. The minimum Gasteiger partial charge on any atom is -0.360 e. The Kier molecular flexibility index (Phi) is 4.36. The Hall–Kier alpha value is -1.93. The van der Waals surface area contributed by atoms with Crippen LogP contribution in [0.25, 0.3) is 0 Å². The normalized spacial score (nSPS) is 16.7. The van der Waals surface area contributed by atoms with Gasteiger partial charge in [0, 0.05) is 25.3 Å². The first-order valence-electron chi connectivity index (χ1n) is 7.58. The van der Waals surface area contributed by atoms with Crippen LogP contribution in [0.1, 0.15) is 24.3 Å². The van der Waals surface area contributed by atoms with E-state index in [1.807, 2.05) is 18.2 Å². The summed E-state index contributed by atoms with van der Waals surface area (Å²) in [5, 5.41) is 3.72. The van der Waals surface area contributed by atoms with Crippen LogP contribution in [0.5, 0.6) is 0 Å². The van der Waals surface area contributed by atoms with E-state index in [9.17, 15) is 8.42 Å². The lowest BCUT2D eigenvalue weighted by atomic mass is 10.1. The van der Waals surface area contributed by atoms with Crippen LogP contribution in [0.3, 0.4) is 0 Å². The first kappa shape index (κ1) is 15.9. The van der Waals surface area contributed by atoms with Crippen molar-refractivity contribution in [2.75, 3.05) is 18.0 Å². The highest BCUT2D eigenvalue weighted by atomic mass is 32.2. The topological polar surface area (TPSA) is 88.3 Å². The molecule has 0 bridgehead atoms. The van der Waals surface area contributed by atoms with Gasteiger partial charge in [-0.3, -0.25) is 0 Å². The SMILES string of the molecule is Cc1noc(C)c1S(=O)(=O)NC1CCN(c2ccccn2)CC1. The summed E-state index contributed by atoms with van der Waals surface area (Å²) in [5.74, 6) is 1.25. The molecule has 23 heavy (non-hydrogen) atoms. The maximum Gasteiger partial charge on any atom is 0.246 e. The van der Waals surface area contributed by atoms with Gasteiger partial charge in [-0.2, -0.15) is 0 Å². The van der Waals surface area contributed by atoms with Gasteiger partial charge in [0.25, 0.3) is 0 Å². The minimum atomic E-state index is -3.60. The molecule has 1 fully saturated rings. The van der Waals surface area contributed by atoms with Crippen molar-refractivity contribution in [3.8, 4) is 0 Å². The van der Waals surface area contributed by atoms with Gasteiger partial charge in [0.05, 0.1) is 0 Å². The summed E-state index contributed by atoms with van der Waals surface area (Å²) >= 11 is 0. The number of rotatable bonds is 4. The average molecular weight is 336 g/mol. The van der Waals surface area contributed by atoms with E-state index >= 15 is 0 Å². The van der Waals surface area contributed by atoms with E-state index in [2.05, 4.69) is 19.8 Å². The zero-order valence-corrected chi connectivity index (χ0v) is 14.0. The van der Waals surface area contributed by atoms with Crippen molar-refractivity contribution >= 4 is 15.8 Å². The third kappa shape index (κ3) is 3.37. The predicted octanol–water partition coefficient (Wildman–Crippen LogP) is 1.63. The van der Waals surface area contributed by atoms with E-state index in [1.54, 1.807) is 20.0 Å². The molecule has 0 atom stereocenters. The Labute approximate surface area is 135 Å². The second-order valence-electron chi connectivity index (χ2n) is 5.72. The van der Waals surface area contributed by atoms with Gasteiger partial charge in [0.15, 0.2) is 5.76 Å². The maximum atomic E-state index is 12.5. The molecule has 2 aromatic heterocycles.